The molecule has 9 aromatic rings. The normalized spacial score (nSPS) is 11.8. The lowest BCUT2D eigenvalue weighted by Gasteiger charge is -2.19. The van der Waals surface area contributed by atoms with E-state index in [0.717, 1.165) is 71.2 Å². The second-order valence-electron chi connectivity index (χ2n) is 11.3. The van der Waals surface area contributed by atoms with Crippen molar-refractivity contribution in [1.29, 1.82) is 0 Å². The van der Waals surface area contributed by atoms with E-state index in [1.807, 2.05) is 48.7 Å². The minimum atomic E-state index is -0.203. The van der Waals surface area contributed by atoms with Gasteiger partial charge in [-0.15, -0.1) is 0 Å². The summed E-state index contributed by atoms with van der Waals surface area (Å²) < 4.78 is 17.3. The topological polar surface area (TPSA) is 17.8 Å². The molecule has 0 amide bonds. The molecular formula is C41H25FN2. The van der Waals surface area contributed by atoms with Crippen molar-refractivity contribution in [1.82, 2.24) is 9.55 Å². The number of rotatable bonds is 3. The lowest BCUT2D eigenvalue weighted by molar-refractivity contribution is 0.640. The van der Waals surface area contributed by atoms with Crippen LogP contribution in [0.1, 0.15) is 0 Å². The zero-order chi connectivity index (χ0) is 29.2. The van der Waals surface area contributed by atoms with Gasteiger partial charge >= 0.3 is 0 Å². The fraction of sp³-hybridized carbons (Fsp3) is 0. The predicted octanol–water partition coefficient (Wildman–Crippen LogP) is 11.1. The molecule has 2 nitrogen and oxygen atoms in total. The van der Waals surface area contributed by atoms with Crippen LogP contribution in [0.3, 0.4) is 0 Å². The number of nitrogens with zero attached hydrogens (tertiary/aromatic N) is 2. The van der Waals surface area contributed by atoms with E-state index >= 15 is 0 Å². The van der Waals surface area contributed by atoms with E-state index in [2.05, 4.69) is 102 Å². The van der Waals surface area contributed by atoms with Crippen molar-refractivity contribution in [2.45, 2.75) is 0 Å². The van der Waals surface area contributed by atoms with Crippen LogP contribution in [0.5, 0.6) is 0 Å². The van der Waals surface area contributed by atoms with Crippen molar-refractivity contribution in [3.8, 4) is 27.9 Å². The van der Waals surface area contributed by atoms with Gasteiger partial charge in [0.15, 0.2) is 0 Å². The van der Waals surface area contributed by atoms with E-state index in [9.17, 15) is 4.39 Å². The zero-order valence-electron chi connectivity index (χ0n) is 23.7. The van der Waals surface area contributed by atoms with Gasteiger partial charge in [0.25, 0.3) is 0 Å². The number of fused-ring (bicyclic) bond motifs is 6. The molecule has 0 saturated carbocycles. The number of pyridine rings is 1. The average Bonchev–Trinajstić information content (AvgIpc) is 3.42. The first-order valence-corrected chi connectivity index (χ1v) is 14.8. The molecule has 2 heterocycles. The van der Waals surface area contributed by atoms with Gasteiger partial charge in [0.05, 0.1) is 16.6 Å². The Morgan fingerprint density at radius 2 is 1.07 bits per heavy atom. The largest absolute Gasteiger partial charge is 0.308 e. The summed E-state index contributed by atoms with van der Waals surface area (Å²) >= 11 is 0. The third kappa shape index (κ3) is 3.56. The van der Waals surface area contributed by atoms with Crippen LogP contribution in [0.25, 0.3) is 82.2 Å². The van der Waals surface area contributed by atoms with E-state index in [1.54, 1.807) is 6.07 Å². The summed E-state index contributed by atoms with van der Waals surface area (Å²) in [5, 5.41) is 7.28. The molecule has 7 aromatic carbocycles. The first-order valence-electron chi connectivity index (χ1n) is 14.8. The Labute approximate surface area is 253 Å². The molecule has 9 rings (SSSR count). The van der Waals surface area contributed by atoms with Gasteiger partial charge in [-0.1, -0.05) is 103 Å². The van der Waals surface area contributed by atoms with E-state index in [-0.39, 0.29) is 5.82 Å². The first-order chi connectivity index (χ1) is 21.8. The lowest BCUT2D eigenvalue weighted by atomic mass is 9.84. The SMILES string of the molecule is Fc1ccc(-c2c3ccccc3c(-c3ccc4c5ncccc5n(-c5ccccc5)c4c3)c3ccccc23)c2ccccc12. The van der Waals surface area contributed by atoms with Gasteiger partial charge in [0, 0.05) is 22.7 Å². The Morgan fingerprint density at radius 1 is 0.455 bits per heavy atom. The molecule has 0 aliphatic heterocycles. The molecule has 44 heavy (non-hydrogen) atoms. The first kappa shape index (κ1) is 24.8. The van der Waals surface area contributed by atoms with Gasteiger partial charge in [0.2, 0.25) is 0 Å². The van der Waals surface area contributed by atoms with Crippen molar-refractivity contribution >= 4 is 54.3 Å². The predicted molar refractivity (Wildman–Crippen MR) is 182 cm³/mol. The summed E-state index contributed by atoms with van der Waals surface area (Å²) in [5.41, 5.74) is 8.78. The standard InChI is InChI=1S/C41H25FN2/c42-36-23-22-34(28-13-4-5-14-29(28)36)40-32-17-8-6-15-30(32)39(31-16-7-9-18-33(31)40)26-20-21-35-38(25-26)44(27-11-2-1-3-12-27)37-19-10-24-43-41(35)37/h1-25H. The van der Waals surface area contributed by atoms with Crippen LogP contribution in [0, 0.1) is 5.82 Å². The van der Waals surface area contributed by atoms with Crippen LogP contribution in [-0.2, 0) is 0 Å². The van der Waals surface area contributed by atoms with Gasteiger partial charge in [-0.3, -0.25) is 4.98 Å². The van der Waals surface area contributed by atoms with E-state index in [4.69, 9.17) is 4.98 Å². The van der Waals surface area contributed by atoms with E-state index in [1.165, 1.54) is 5.56 Å². The minimum absolute atomic E-state index is 0.203. The van der Waals surface area contributed by atoms with Crippen molar-refractivity contribution in [3.05, 3.63) is 158 Å². The summed E-state index contributed by atoms with van der Waals surface area (Å²) in [4.78, 5) is 4.79. The Hall–Kier alpha value is -5.80. The van der Waals surface area contributed by atoms with Gasteiger partial charge in [-0.2, -0.15) is 0 Å². The molecular weight excluding hydrogens is 539 g/mol. The van der Waals surface area contributed by atoms with Gasteiger partial charge in [0.1, 0.15) is 5.82 Å². The van der Waals surface area contributed by atoms with Crippen molar-refractivity contribution < 1.29 is 4.39 Å². The fourth-order valence-corrected chi connectivity index (χ4v) is 7.05. The summed E-state index contributed by atoms with van der Waals surface area (Å²) in [6, 6.07) is 49.9. The number of benzene rings is 7. The average molecular weight is 565 g/mol. The highest BCUT2D eigenvalue weighted by atomic mass is 19.1. The second kappa shape index (κ2) is 9.62. The number of hydrogen-bond donors (Lipinski definition) is 0. The van der Waals surface area contributed by atoms with Crippen molar-refractivity contribution in [3.63, 3.8) is 0 Å². The quantitative estimate of drug-likeness (QED) is 0.195. The molecule has 0 bridgehead atoms. The van der Waals surface area contributed by atoms with Crippen LogP contribution >= 0.6 is 0 Å². The van der Waals surface area contributed by atoms with Gasteiger partial charge in [-0.25, -0.2) is 4.39 Å². The summed E-state index contributed by atoms with van der Waals surface area (Å²) in [6.45, 7) is 0. The zero-order valence-corrected chi connectivity index (χ0v) is 23.7. The fourth-order valence-electron chi connectivity index (χ4n) is 7.05. The summed E-state index contributed by atoms with van der Waals surface area (Å²) in [5.74, 6) is -0.203. The third-order valence-corrected chi connectivity index (χ3v) is 8.90. The molecule has 0 N–H and O–H groups in total. The molecule has 0 saturated heterocycles. The third-order valence-electron chi connectivity index (χ3n) is 8.90. The number of aromatic nitrogens is 2. The maximum absolute atomic E-state index is 14.9. The van der Waals surface area contributed by atoms with Crippen LogP contribution in [0.4, 0.5) is 4.39 Å². The Balaban J connectivity index is 1.40. The highest BCUT2D eigenvalue weighted by Crippen LogP contribution is 2.46. The highest BCUT2D eigenvalue weighted by Gasteiger charge is 2.20. The molecule has 0 radical (unpaired) electrons. The Kier molecular flexibility index (Phi) is 5.41. The Bertz CT molecular complexity index is 2510. The van der Waals surface area contributed by atoms with Gasteiger partial charge < -0.3 is 4.57 Å². The molecule has 0 atom stereocenters. The monoisotopic (exact) mass is 564 g/mol. The number of para-hydroxylation sites is 1. The van der Waals surface area contributed by atoms with Gasteiger partial charge in [-0.05, 0) is 91.6 Å². The lowest BCUT2D eigenvalue weighted by Crippen LogP contribution is -1.94. The van der Waals surface area contributed by atoms with Crippen molar-refractivity contribution in [2.75, 3.05) is 0 Å². The minimum Gasteiger partial charge on any atom is -0.308 e. The smallest absolute Gasteiger partial charge is 0.131 e. The molecule has 3 heteroatoms. The van der Waals surface area contributed by atoms with Crippen molar-refractivity contribution in [2.24, 2.45) is 0 Å². The van der Waals surface area contributed by atoms with E-state index < -0.39 is 0 Å². The van der Waals surface area contributed by atoms with Crippen LogP contribution in [0.15, 0.2) is 152 Å². The molecule has 0 aliphatic carbocycles. The van der Waals surface area contributed by atoms with E-state index in [0.29, 0.717) is 5.39 Å². The Morgan fingerprint density at radius 3 is 1.77 bits per heavy atom. The maximum atomic E-state index is 14.9. The molecule has 2 aromatic heterocycles. The molecule has 206 valence electrons. The summed E-state index contributed by atoms with van der Waals surface area (Å²) in [6.07, 6.45) is 1.86. The maximum Gasteiger partial charge on any atom is 0.131 e. The number of hydrogen-bond acceptors (Lipinski definition) is 1. The molecule has 0 fully saturated rings. The van der Waals surface area contributed by atoms with Crippen LogP contribution in [-0.4, -0.2) is 9.55 Å². The molecule has 0 unspecified atom stereocenters. The summed E-state index contributed by atoms with van der Waals surface area (Å²) in [7, 11) is 0. The van der Waals surface area contributed by atoms with Crippen LogP contribution in [0.2, 0.25) is 0 Å². The number of halogens is 1. The molecule has 0 spiro atoms. The van der Waals surface area contributed by atoms with Crippen LogP contribution < -0.4 is 0 Å². The highest BCUT2D eigenvalue weighted by molar-refractivity contribution is 6.24. The second-order valence-corrected chi connectivity index (χ2v) is 11.3. The molecule has 0 aliphatic rings.